The molecule has 1 atom stereocenters. The molecule has 0 radical (unpaired) electrons. The fourth-order valence-corrected chi connectivity index (χ4v) is 1.63. The molecule has 1 aromatic carbocycles. The van der Waals surface area contributed by atoms with Crippen LogP contribution in [0.25, 0.3) is 0 Å². The van der Waals surface area contributed by atoms with Crippen molar-refractivity contribution in [3.05, 3.63) is 35.1 Å². The maximum atomic E-state index is 13.4. The maximum Gasteiger partial charge on any atom is 0.326 e. The van der Waals surface area contributed by atoms with Crippen molar-refractivity contribution in [2.75, 3.05) is 0 Å². The summed E-state index contributed by atoms with van der Waals surface area (Å²) in [5.74, 6) is -6.46. The van der Waals surface area contributed by atoms with E-state index in [0.717, 1.165) is 0 Å². The van der Waals surface area contributed by atoms with E-state index in [1.165, 1.54) is 0 Å². The van der Waals surface area contributed by atoms with Crippen LogP contribution in [0.15, 0.2) is 12.1 Å². The number of amides is 1. The molecule has 0 aliphatic rings. The molecular weight excluding hydrogens is 275 g/mol. The fraction of sp³-hybridized carbons (Fsp3) is 0.385. The first-order valence-electron chi connectivity index (χ1n) is 5.90. The van der Waals surface area contributed by atoms with Crippen LogP contribution in [0.4, 0.5) is 13.2 Å². The van der Waals surface area contributed by atoms with Gasteiger partial charge >= 0.3 is 5.97 Å². The standard InChI is InChI=1S/C13H14F3NO3/c1-6(2)3-11(13(19)20)17-12(18)7-4-9(15)10(16)5-8(7)14/h4-6,11H,3H2,1-2H3,(H,17,18)(H,19,20)/t11-/m1/s1. The van der Waals surface area contributed by atoms with Gasteiger partial charge in [-0.05, 0) is 18.4 Å². The summed E-state index contributed by atoms with van der Waals surface area (Å²) in [6.45, 7) is 3.50. The summed E-state index contributed by atoms with van der Waals surface area (Å²) in [5, 5.41) is 11.0. The van der Waals surface area contributed by atoms with Gasteiger partial charge in [0.2, 0.25) is 0 Å². The van der Waals surface area contributed by atoms with Gasteiger partial charge in [0.15, 0.2) is 11.6 Å². The van der Waals surface area contributed by atoms with Crippen LogP contribution < -0.4 is 5.32 Å². The van der Waals surface area contributed by atoms with Crippen molar-refractivity contribution in [1.29, 1.82) is 0 Å². The number of carbonyl (C=O) groups is 2. The highest BCUT2D eigenvalue weighted by molar-refractivity contribution is 5.96. The Labute approximate surface area is 113 Å². The number of benzene rings is 1. The predicted octanol–water partition coefficient (Wildman–Crippen LogP) is 2.33. The number of rotatable bonds is 5. The first-order chi connectivity index (χ1) is 9.22. The van der Waals surface area contributed by atoms with Gasteiger partial charge < -0.3 is 10.4 Å². The minimum Gasteiger partial charge on any atom is -0.480 e. The van der Waals surface area contributed by atoms with E-state index in [9.17, 15) is 22.8 Å². The molecule has 0 aromatic heterocycles. The zero-order chi connectivity index (χ0) is 15.4. The van der Waals surface area contributed by atoms with E-state index in [2.05, 4.69) is 5.32 Å². The van der Waals surface area contributed by atoms with Crippen LogP contribution in [0, 0.1) is 23.4 Å². The number of carbonyl (C=O) groups excluding carboxylic acids is 1. The highest BCUT2D eigenvalue weighted by atomic mass is 19.2. The SMILES string of the molecule is CC(C)C[C@@H](NC(=O)c1cc(F)c(F)cc1F)C(=O)O. The fourth-order valence-electron chi connectivity index (χ4n) is 1.63. The van der Waals surface area contributed by atoms with E-state index in [-0.39, 0.29) is 18.4 Å². The Morgan fingerprint density at radius 3 is 2.20 bits per heavy atom. The van der Waals surface area contributed by atoms with Crippen LogP contribution >= 0.6 is 0 Å². The van der Waals surface area contributed by atoms with Gasteiger partial charge in [-0.15, -0.1) is 0 Å². The van der Waals surface area contributed by atoms with Gasteiger partial charge in [-0.1, -0.05) is 13.8 Å². The lowest BCUT2D eigenvalue weighted by atomic mass is 10.0. The van der Waals surface area contributed by atoms with Crippen LogP contribution in [0.1, 0.15) is 30.6 Å². The third kappa shape index (κ3) is 3.97. The lowest BCUT2D eigenvalue weighted by Crippen LogP contribution is -2.42. The molecular formula is C13H14F3NO3. The minimum absolute atomic E-state index is 0.0220. The number of nitrogens with one attached hydrogen (secondary N) is 1. The molecule has 0 fully saturated rings. The average Bonchev–Trinajstić information content (AvgIpc) is 2.32. The quantitative estimate of drug-likeness (QED) is 0.818. The van der Waals surface area contributed by atoms with E-state index >= 15 is 0 Å². The van der Waals surface area contributed by atoms with Crippen molar-refractivity contribution >= 4 is 11.9 Å². The van der Waals surface area contributed by atoms with E-state index in [0.29, 0.717) is 6.07 Å². The van der Waals surface area contributed by atoms with Gasteiger partial charge in [-0.25, -0.2) is 18.0 Å². The lowest BCUT2D eigenvalue weighted by molar-refractivity contribution is -0.139. The monoisotopic (exact) mass is 289 g/mol. The zero-order valence-corrected chi connectivity index (χ0v) is 10.9. The van der Waals surface area contributed by atoms with E-state index in [1.807, 2.05) is 0 Å². The molecule has 0 saturated carbocycles. The smallest absolute Gasteiger partial charge is 0.326 e. The Morgan fingerprint density at radius 2 is 1.70 bits per heavy atom. The van der Waals surface area contributed by atoms with Gasteiger partial charge in [0, 0.05) is 6.07 Å². The molecule has 4 nitrogen and oxygen atoms in total. The highest BCUT2D eigenvalue weighted by Gasteiger charge is 2.24. The van der Waals surface area contributed by atoms with Crippen molar-refractivity contribution in [1.82, 2.24) is 5.32 Å². The Balaban J connectivity index is 2.95. The molecule has 1 rings (SSSR count). The largest absolute Gasteiger partial charge is 0.480 e. The van der Waals surface area contributed by atoms with Crippen LogP contribution in [-0.2, 0) is 4.79 Å². The van der Waals surface area contributed by atoms with Crippen LogP contribution in [0.2, 0.25) is 0 Å². The van der Waals surface area contributed by atoms with Gasteiger partial charge in [0.05, 0.1) is 5.56 Å². The molecule has 0 heterocycles. The zero-order valence-electron chi connectivity index (χ0n) is 10.9. The van der Waals surface area contributed by atoms with Gasteiger partial charge in [0.25, 0.3) is 5.91 Å². The molecule has 0 saturated heterocycles. The second-order valence-electron chi connectivity index (χ2n) is 4.74. The number of aliphatic carboxylic acids is 1. The molecule has 0 aliphatic heterocycles. The number of halogens is 3. The summed E-state index contributed by atoms with van der Waals surface area (Å²) in [7, 11) is 0. The van der Waals surface area contributed by atoms with Gasteiger partial charge in [0.1, 0.15) is 11.9 Å². The van der Waals surface area contributed by atoms with Crippen molar-refractivity contribution < 1.29 is 27.9 Å². The topological polar surface area (TPSA) is 66.4 Å². The minimum atomic E-state index is -1.42. The van der Waals surface area contributed by atoms with Crippen LogP contribution in [-0.4, -0.2) is 23.0 Å². The van der Waals surface area contributed by atoms with E-state index in [1.54, 1.807) is 13.8 Å². The Kier molecular flexibility index (Phi) is 5.12. The normalized spacial score (nSPS) is 12.3. The molecule has 0 bridgehead atoms. The van der Waals surface area contributed by atoms with Gasteiger partial charge in [-0.2, -0.15) is 0 Å². The Bertz CT molecular complexity index is 532. The first kappa shape index (κ1) is 16.0. The molecule has 0 spiro atoms. The van der Waals surface area contributed by atoms with Crippen molar-refractivity contribution in [2.45, 2.75) is 26.3 Å². The van der Waals surface area contributed by atoms with Crippen LogP contribution in [0.3, 0.4) is 0 Å². The third-order valence-electron chi connectivity index (χ3n) is 2.57. The number of carboxylic acid groups (broad SMARTS) is 1. The summed E-state index contributed by atoms with van der Waals surface area (Å²) >= 11 is 0. The predicted molar refractivity (Wildman–Crippen MR) is 64.7 cm³/mol. The number of carboxylic acids is 1. The van der Waals surface area contributed by atoms with E-state index < -0.39 is 40.9 Å². The third-order valence-corrected chi connectivity index (χ3v) is 2.57. The van der Waals surface area contributed by atoms with E-state index in [4.69, 9.17) is 5.11 Å². The maximum absolute atomic E-state index is 13.4. The first-order valence-corrected chi connectivity index (χ1v) is 5.90. The Morgan fingerprint density at radius 1 is 1.15 bits per heavy atom. The second-order valence-corrected chi connectivity index (χ2v) is 4.74. The van der Waals surface area contributed by atoms with Gasteiger partial charge in [-0.3, -0.25) is 4.79 Å². The summed E-state index contributed by atoms with van der Waals surface area (Å²) in [4.78, 5) is 22.7. The summed E-state index contributed by atoms with van der Waals surface area (Å²) in [6.07, 6.45) is 0.131. The molecule has 110 valence electrons. The molecule has 7 heteroatoms. The van der Waals surface area contributed by atoms with Crippen molar-refractivity contribution in [3.8, 4) is 0 Å². The molecule has 2 N–H and O–H groups in total. The number of hydrogen-bond donors (Lipinski definition) is 2. The lowest BCUT2D eigenvalue weighted by Gasteiger charge is -2.16. The molecule has 0 aliphatic carbocycles. The van der Waals surface area contributed by atoms with Crippen LogP contribution in [0.5, 0.6) is 0 Å². The molecule has 1 aromatic rings. The molecule has 20 heavy (non-hydrogen) atoms. The van der Waals surface area contributed by atoms with Crippen molar-refractivity contribution in [3.63, 3.8) is 0 Å². The summed E-state index contributed by atoms with van der Waals surface area (Å²) in [6, 6.07) is -0.591. The van der Waals surface area contributed by atoms with Crippen molar-refractivity contribution in [2.24, 2.45) is 5.92 Å². The Hall–Kier alpha value is -2.05. The summed E-state index contributed by atoms with van der Waals surface area (Å²) < 4.78 is 39.1. The summed E-state index contributed by atoms with van der Waals surface area (Å²) in [5.41, 5.74) is -0.737. The molecule has 1 amide bonds. The molecule has 0 unspecified atom stereocenters. The average molecular weight is 289 g/mol. The number of hydrogen-bond acceptors (Lipinski definition) is 2. The highest BCUT2D eigenvalue weighted by Crippen LogP contribution is 2.14. The second kappa shape index (κ2) is 6.40.